The number of nitrogens with zero attached hydrogens (tertiary/aromatic N) is 1. The van der Waals surface area contributed by atoms with Crippen molar-refractivity contribution in [2.45, 2.75) is 74.9 Å². The molecule has 2 rings (SSSR count). The van der Waals surface area contributed by atoms with Gasteiger partial charge in [0.15, 0.2) is 0 Å². The lowest BCUT2D eigenvalue weighted by atomic mass is 9.85. The maximum atomic E-state index is 12.7. The Balaban J connectivity index is 2.16. The number of halogens is 3. The second-order valence-corrected chi connectivity index (χ2v) is 8.98. The number of ether oxygens (including phenoxy) is 3. The van der Waals surface area contributed by atoms with Gasteiger partial charge in [-0.25, -0.2) is 0 Å². The third-order valence-corrected chi connectivity index (χ3v) is 6.14. The molecule has 2 saturated heterocycles. The maximum Gasteiger partial charge on any atom is 0.523 e. The van der Waals surface area contributed by atoms with Crippen LogP contribution in [0.3, 0.4) is 0 Å². The SMILES string of the molecule is COC(=O)CCC1CC2(COS(=O)(=O)C(F)(F)F)OC(CC(C)C#N)CCC2O1. The van der Waals surface area contributed by atoms with Crippen molar-refractivity contribution < 1.29 is 44.8 Å². The Hall–Kier alpha value is -1.42. The van der Waals surface area contributed by atoms with Gasteiger partial charge in [-0.2, -0.15) is 26.9 Å². The van der Waals surface area contributed by atoms with Crippen molar-refractivity contribution in [1.82, 2.24) is 0 Å². The van der Waals surface area contributed by atoms with Crippen LogP contribution in [0.2, 0.25) is 0 Å². The van der Waals surface area contributed by atoms with Crippen LogP contribution in [0.1, 0.15) is 45.4 Å². The van der Waals surface area contributed by atoms with Crippen LogP contribution in [0.25, 0.3) is 0 Å². The highest BCUT2D eigenvalue weighted by Crippen LogP contribution is 2.44. The van der Waals surface area contributed by atoms with Gasteiger partial charge in [-0.3, -0.25) is 8.98 Å². The van der Waals surface area contributed by atoms with Crippen molar-refractivity contribution in [3.63, 3.8) is 0 Å². The van der Waals surface area contributed by atoms with E-state index in [1.807, 2.05) is 0 Å². The van der Waals surface area contributed by atoms with E-state index in [1.54, 1.807) is 6.92 Å². The van der Waals surface area contributed by atoms with Crippen molar-refractivity contribution in [2.24, 2.45) is 5.92 Å². The molecule has 0 spiro atoms. The van der Waals surface area contributed by atoms with Crippen LogP contribution in [0.5, 0.6) is 0 Å². The third kappa shape index (κ3) is 5.81. The molecular weight excluding hydrogens is 419 g/mol. The Kier molecular flexibility index (Phi) is 7.53. The molecule has 29 heavy (non-hydrogen) atoms. The highest BCUT2D eigenvalue weighted by atomic mass is 32.2. The zero-order valence-electron chi connectivity index (χ0n) is 16.1. The van der Waals surface area contributed by atoms with Crippen LogP contribution in [0.4, 0.5) is 13.2 Å². The molecule has 0 aromatic heterocycles. The molecule has 5 unspecified atom stereocenters. The minimum atomic E-state index is -5.80. The van der Waals surface area contributed by atoms with Gasteiger partial charge < -0.3 is 14.2 Å². The largest absolute Gasteiger partial charge is 0.523 e. The van der Waals surface area contributed by atoms with Gasteiger partial charge in [0, 0.05) is 18.8 Å². The summed E-state index contributed by atoms with van der Waals surface area (Å²) in [6.07, 6.45) is -0.0170. The van der Waals surface area contributed by atoms with E-state index in [1.165, 1.54) is 7.11 Å². The Bertz CT molecular complexity index is 736. The van der Waals surface area contributed by atoms with Gasteiger partial charge in [0.1, 0.15) is 5.60 Å². The van der Waals surface area contributed by atoms with Crippen LogP contribution in [-0.4, -0.2) is 57.5 Å². The van der Waals surface area contributed by atoms with E-state index in [4.69, 9.17) is 14.7 Å². The molecule has 0 aliphatic carbocycles. The standard InChI is InChI=1S/C17H24F3NO7S/c1-11(9-21)7-12-3-5-14-16(28-12,10-26-29(23,24)17(18,19)20)8-13(27-14)4-6-15(22)25-2/h11-14H,3-8,10H2,1-2H3. The molecule has 0 amide bonds. The number of rotatable bonds is 8. The van der Waals surface area contributed by atoms with Gasteiger partial charge in [0.25, 0.3) is 0 Å². The summed E-state index contributed by atoms with van der Waals surface area (Å²) in [7, 11) is -4.56. The fourth-order valence-electron chi connectivity index (χ4n) is 3.70. The monoisotopic (exact) mass is 443 g/mol. The molecule has 2 aliphatic heterocycles. The normalized spacial score (nSPS) is 31.0. The van der Waals surface area contributed by atoms with Crippen molar-refractivity contribution in [1.29, 1.82) is 5.26 Å². The lowest BCUT2D eigenvalue weighted by molar-refractivity contribution is -0.182. The Morgan fingerprint density at radius 2 is 2.03 bits per heavy atom. The molecule has 0 N–H and O–H groups in total. The number of fused-ring (bicyclic) bond motifs is 1. The number of alkyl halides is 3. The molecule has 2 heterocycles. The average molecular weight is 443 g/mol. The van der Waals surface area contributed by atoms with Crippen LogP contribution < -0.4 is 0 Å². The molecule has 2 fully saturated rings. The number of carbonyl (C=O) groups is 1. The minimum absolute atomic E-state index is 0.0422. The van der Waals surface area contributed by atoms with Crippen LogP contribution in [0.15, 0.2) is 0 Å². The zero-order chi connectivity index (χ0) is 21.9. The van der Waals surface area contributed by atoms with E-state index in [9.17, 15) is 26.4 Å². The molecule has 0 radical (unpaired) electrons. The lowest BCUT2D eigenvalue weighted by Crippen LogP contribution is -2.52. The van der Waals surface area contributed by atoms with Crippen LogP contribution >= 0.6 is 0 Å². The average Bonchev–Trinajstić information content (AvgIpc) is 3.01. The summed E-state index contributed by atoms with van der Waals surface area (Å²) in [5.74, 6) is -0.805. The Morgan fingerprint density at radius 1 is 1.34 bits per heavy atom. The van der Waals surface area contributed by atoms with Gasteiger partial charge >= 0.3 is 21.6 Å². The van der Waals surface area contributed by atoms with Crippen molar-refractivity contribution in [3.05, 3.63) is 0 Å². The molecule has 5 atom stereocenters. The smallest absolute Gasteiger partial charge is 0.469 e. The molecule has 8 nitrogen and oxygen atoms in total. The number of methoxy groups -OCH3 is 1. The van der Waals surface area contributed by atoms with Crippen LogP contribution in [-0.2, 0) is 33.3 Å². The third-order valence-electron chi connectivity index (χ3n) is 5.15. The Morgan fingerprint density at radius 3 is 2.62 bits per heavy atom. The van der Waals surface area contributed by atoms with Gasteiger partial charge in [-0.15, -0.1) is 0 Å². The number of hydrogen-bond donors (Lipinski definition) is 0. The van der Waals surface area contributed by atoms with E-state index in [2.05, 4.69) is 15.0 Å². The van der Waals surface area contributed by atoms with E-state index in [0.29, 0.717) is 19.3 Å². The zero-order valence-corrected chi connectivity index (χ0v) is 16.9. The number of esters is 1. The van der Waals surface area contributed by atoms with Crippen molar-refractivity contribution >= 4 is 16.1 Å². The van der Waals surface area contributed by atoms with E-state index < -0.39 is 52.1 Å². The molecule has 166 valence electrons. The first-order valence-corrected chi connectivity index (χ1v) is 10.6. The fourth-order valence-corrected chi connectivity index (χ4v) is 4.19. The van der Waals surface area contributed by atoms with E-state index in [-0.39, 0.29) is 25.2 Å². The fraction of sp³-hybridized carbons (Fsp3) is 0.882. The topological polar surface area (TPSA) is 112 Å². The number of hydrogen-bond acceptors (Lipinski definition) is 8. The minimum Gasteiger partial charge on any atom is -0.469 e. The lowest BCUT2D eigenvalue weighted by Gasteiger charge is -2.41. The van der Waals surface area contributed by atoms with Crippen molar-refractivity contribution in [3.8, 4) is 6.07 Å². The molecule has 0 saturated carbocycles. The number of nitriles is 1. The predicted octanol–water partition coefficient (Wildman–Crippen LogP) is 2.43. The first-order valence-electron chi connectivity index (χ1n) is 9.18. The number of carbonyl (C=O) groups excluding carboxylic acids is 1. The second kappa shape index (κ2) is 9.16. The summed E-state index contributed by atoms with van der Waals surface area (Å²) >= 11 is 0. The first-order chi connectivity index (χ1) is 13.4. The van der Waals surface area contributed by atoms with E-state index >= 15 is 0 Å². The summed E-state index contributed by atoms with van der Waals surface area (Å²) in [5, 5.41) is 9.00. The summed E-state index contributed by atoms with van der Waals surface area (Å²) in [6, 6.07) is 2.07. The van der Waals surface area contributed by atoms with E-state index in [0.717, 1.165) is 0 Å². The van der Waals surface area contributed by atoms with Gasteiger partial charge in [0.2, 0.25) is 0 Å². The summed E-state index contributed by atoms with van der Waals surface area (Å²) in [4.78, 5) is 11.4. The molecule has 12 heteroatoms. The molecule has 0 aromatic rings. The molecule has 0 aromatic carbocycles. The highest BCUT2D eigenvalue weighted by Gasteiger charge is 2.56. The Labute approximate surface area is 167 Å². The van der Waals surface area contributed by atoms with Crippen LogP contribution in [0, 0.1) is 17.2 Å². The maximum absolute atomic E-state index is 12.7. The molecular formula is C17H24F3NO7S. The highest BCUT2D eigenvalue weighted by molar-refractivity contribution is 7.87. The first kappa shape index (κ1) is 23.9. The molecule has 2 aliphatic rings. The van der Waals surface area contributed by atoms with Gasteiger partial charge in [-0.05, 0) is 32.6 Å². The second-order valence-electron chi connectivity index (χ2n) is 7.38. The summed E-state index contributed by atoms with van der Waals surface area (Å²) in [5.41, 5.74) is -6.95. The van der Waals surface area contributed by atoms with Gasteiger partial charge in [0.05, 0.1) is 38.1 Å². The molecule has 0 bridgehead atoms. The van der Waals surface area contributed by atoms with Crippen molar-refractivity contribution in [2.75, 3.05) is 13.7 Å². The summed E-state index contributed by atoms with van der Waals surface area (Å²) < 4.78 is 81.5. The predicted molar refractivity (Wildman–Crippen MR) is 91.7 cm³/mol. The quantitative estimate of drug-likeness (QED) is 0.319. The summed E-state index contributed by atoms with van der Waals surface area (Å²) in [6.45, 7) is 0.836. The van der Waals surface area contributed by atoms with Gasteiger partial charge in [-0.1, -0.05) is 0 Å².